The zero-order valence-electron chi connectivity index (χ0n) is 17.8. The van der Waals surface area contributed by atoms with Crippen molar-refractivity contribution < 1.29 is 9.59 Å². The van der Waals surface area contributed by atoms with E-state index in [1.807, 2.05) is 53.1 Å². The number of hydrogen-bond donors (Lipinski definition) is 1. The van der Waals surface area contributed by atoms with Crippen LogP contribution in [0.2, 0.25) is 0 Å². The van der Waals surface area contributed by atoms with Crippen molar-refractivity contribution in [1.82, 2.24) is 9.80 Å². The summed E-state index contributed by atoms with van der Waals surface area (Å²) in [5, 5.41) is 3.08. The molecule has 0 spiro atoms. The summed E-state index contributed by atoms with van der Waals surface area (Å²) in [6.07, 6.45) is 6.14. The molecular weight excluding hydrogens is 374 g/mol. The molecule has 2 aliphatic heterocycles. The predicted molar refractivity (Wildman–Crippen MR) is 120 cm³/mol. The largest absolute Gasteiger partial charge is 0.339 e. The topological polar surface area (TPSA) is 52.7 Å². The number of amides is 3. The lowest BCUT2D eigenvalue weighted by molar-refractivity contribution is 0.0793. The molecule has 2 aromatic rings. The summed E-state index contributed by atoms with van der Waals surface area (Å²) >= 11 is 0. The first kappa shape index (κ1) is 20.5. The van der Waals surface area contributed by atoms with Crippen molar-refractivity contribution in [3.63, 3.8) is 0 Å². The third-order valence-electron chi connectivity index (χ3n) is 6.32. The minimum Gasteiger partial charge on any atom is -0.339 e. The summed E-state index contributed by atoms with van der Waals surface area (Å²) in [4.78, 5) is 30.2. The minimum absolute atomic E-state index is 0.0281. The van der Waals surface area contributed by atoms with Gasteiger partial charge >= 0.3 is 6.03 Å². The zero-order chi connectivity index (χ0) is 20.9. The normalized spacial score (nSPS) is 19.0. The second-order valence-electron chi connectivity index (χ2n) is 8.46. The third kappa shape index (κ3) is 4.50. The van der Waals surface area contributed by atoms with Gasteiger partial charge in [0.15, 0.2) is 0 Å². The standard InChI is InChI=1S/C25H31N3O2/c1-19-10-9-14-22(23(19)24(29)27-15-7-8-16-27)26-25(30)28-17-6-5-13-21(28)18-20-11-3-2-4-12-20/h2-4,9-12,14,21H,5-8,13,15-18H2,1H3,(H,26,30). The molecule has 1 unspecified atom stereocenters. The van der Waals surface area contributed by atoms with Crippen LogP contribution in [0.3, 0.4) is 0 Å². The number of hydrogen-bond acceptors (Lipinski definition) is 2. The molecule has 30 heavy (non-hydrogen) atoms. The Morgan fingerprint density at radius 2 is 1.67 bits per heavy atom. The summed E-state index contributed by atoms with van der Waals surface area (Å²) in [6.45, 7) is 4.29. The van der Waals surface area contributed by atoms with E-state index in [0.717, 1.165) is 63.7 Å². The summed E-state index contributed by atoms with van der Waals surface area (Å²) < 4.78 is 0. The second-order valence-corrected chi connectivity index (χ2v) is 8.46. The van der Waals surface area contributed by atoms with Crippen LogP contribution in [-0.4, -0.2) is 47.4 Å². The molecule has 2 heterocycles. The molecule has 3 amide bonds. The van der Waals surface area contributed by atoms with E-state index >= 15 is 0 Å². The monoisotopic (exact) mass is 405 g/mol. The van der Waals surface area contributed by atoms with Crippen molar-refractivity contribution >= 4 is 17.6 Å². The number of carbonyl (C=O) groups is 2. The number of likely N-dealkylation sites (tertiary alicyclic amines) is 2. The van der Waals surface area contributed by atoms with Crippen LogP contribution in [0.1, 0.15) is 53.6 Å². The van der Waals surface area contributed by atoms with Crippen molar-refractivity contribution in [2.24, 2.45) is 0 Å². The van der Waals surface area contributed by atoms with Gasteiger partial charge in [-0.15, -0.1) is 0 Å². The van der Waals surface area contributed by atoms with E-state index < -0.39 is 0 Å². The van der Waals surface area contributed by atoms with Crippen molar-refractivity contribution in [3.05, 3.63) is 65.2 Å². The van der Waals surface area contributed by atoms with Crippen LogP contribution in [0.15, 0.2) is 48.5 Å². The number of aryl methyl sites for hydroxylation is 1. The van der Waals surface area contributed by atoms with Crippen LogP contribution in [0.4, 0.5) is 10.5 Å². The first-order valence-corrected chi connectivity index (χ1v) is 11.1. The van der Waals surface area contributed by atoms with E-state index in [9.17, 15) is 9.59 Å². The highest BCUT2D eigenvalue weighted by atomic mass is 16.2. The smallest absolute Gasteiger partial charge is 0.322 e. The zero-order valence-corrected chi connectivity index (χ0v) is 17.8. The summed E-state index contributed by atoms with van der Waals surface area (Å²) in [7, 11) is 0. The van der Waals surface area contributed by atoms with E-state index in [1.54, 1.807) is 0 Å². The molecule has 5 nitrogen and oxygen atoms in total. The van der Waals surface area contributed by atoms with Crippen LogP contribution in [0.5, 0.6) is 0 Å². The maximum absolute atomic E-state index is 13.3. The molecule has 2 aromatic carbocycles. The van der Waals surface area contributed by atoms with Gasteiger partial charge < -0.3 is 15.1 Å². The molecule has 2 aliphatic rings. The lowest BCUT2D eigenvalue weighted by Crippen LogP contribution is -2.47. The average molecular weight is 406 g/mol. The van der Waals surface area contributed by atoms with Crippen LogP contribution < -0.4 is 5.32 Å². The number of rotatable bonds is 4. The number of anilines is 1. The maximum Gasteiger partial charge on any atom is 0.322 e. The van der Waals surface area contributed by atoms with Gasteiger partial charge in [-0.1, -0.05) is 42.5 Å². The van der Waals surface area contributed by atoms with Gasteiger partial charge in [-0.05, 0) is 62.6 Å². The molecule has 2 saturated heterocycles. The van der Waals surface area contributed by atoms with Crippen molar-refractivity contribution in [2.75, 3.05) is 25.0 Å². The van der Waals surface area contributed by atoms with Gasteiger partial charge in [0, 0.05) is 25.7 Å². The van der Waals surface area contributed by atoms with Gasteiger partial charge in [-0.3, -0.25) is 4.79 Å². The van der Waals surface area contributed by atoms with Gasteiger partial charge in [-0.2, -0.15) is 0 Å². The molecule has 0 aliphatic carbocycles. The van der Waals surface area contributed by atoms with Crippen molar-refractivity contribution in [3.8, 4) is 0 Å². The number of urea groups is 1. The highest BCUT2D eigenvalue weighted by Gasteiger charge is 2.29. The van der Waals surface area contributed by atoms with Crippen LogP contribution in [0.25, 0.3) is 0 Å². The summed E-state index contributed by atoms with van der Waals surface area (Å²) in [5.41, 5.74) is 3.41. The van der Waals surface area contributed by atoms with Gasteiger partial charge in [0.2, 0.25) is 0 Å². The Labute approximate surface area is 179 Å². The number of benzene rings is 2. The first-order valence-electron chi connectivity index (χ1n) is 11.1. The molecule has 0 saturated carbocycles. The molecule has 0 radical (unpaired) electrons. The molecule has 1 atom stereocenters. The average Bonchev–Trinajstić information content (AvgIpc) is 3.30. The fraction of sp³-hybridized carbons (Fsp3) is 0.440. The Kier molecular flexibility index (Phi) is 6.36. The molecule has 1 N–H and O–H groups in total. The Balaban J connectivity index is 1.52. The maximum atomic E-state index is 13.3. The fourth-order valence-corrected chi connectivity index (χ4v) is 4.69. The Morgan fingerprint density at radius 1 is 0.933 bits per heavy atom. The number of piperidine rings is 1. The fourth-order valence-electron chi connectivity index (χ4n) is 4.69. The Morgan fingerprint density at radius 3 is 2.43 bits per heavy atom. The second kappa shape index (κ2) is 9.33. The van der Waals surface area contributed by atoms with E-state index in [-0.39, 0.29) is 18.0 Å². The van der Waals surface area contributed by atoms with Crippen molar-refractivity contribution in [1.29, 1.82) is 0 Å². The van der Waals surface area contributed by atoms with E-state index in [1.165, 1.54) is 5.56 Å². The molecule has 2 fully saturated rings. The lowest BCUT2D eigenvalue weighted by Gasteiger charge is -2.36. The first-order chi connectivity index (χ1) is 14.6. The molecule has 4 rings (SSSR count). The van der Waals surface area contributed by atoms with Gasteiger partial charge in [0.25, 0.3) is 5.91 Å². The number of carbonyl (C=O) groups excluding carboxylic acids is 2. The minimum atomic E-state index is -0.100. The molecule has 0 bridgehead atoms. The van der Waals surface area contributed by atoms with Crippen LogP contribution >= 0.6 is 0 Å². The van der Waals surface area contributed by atoms with E-state index in [0.29, 0.717) is 11.3 Å². The SMILES string of the molecule is Cc1cccc(NC(=O)N2CCCCC2Cc2ccccc2)c1C(=O)N1CCCC1. The quantitative estimate of drug-likeness (QED) is 0.790. The molecule has 158 valence electrons. The molecule has 0 aromatic heterocycles. The van der Waals surface area contributed by atoms with Gasteiger partial charge in [0.05, 0.1) is 11.3 Å². The highest BCUT2D eigenvalue weighted by Crippen LogP contribution is 2.26. The Hall–Kier alpha value is -2.82. The highest BCUT2D eigenvalue weighted by molar-refractivity contribution is 6.04. The number of nitrogens with one attached hydrogen (secondary N) is 1. The van der Waals surface area contributed by atoms with Crippen molar-refractivity contribution in [2.45, 2.75) is 51.5 Å². The Bertz CT molecular complexity index is 891. The van der Waals surface area contributed by atoms with Crippen LogP contribution in [-0.2, 0) is 6.42 Å². The van der Waals surface area contributed by atoms with Crippen LogP contribution in [0, 0.1) is 6.92 Å². The van der Waals surface area contributed by atoms with E-state index in [2.05, 4.69) is 17.4 Å². The van der Waals surface area contributed by atoms with Gasteiger partial charge in [0.1, 0.15) is 0 Å². The third-order valence-corrected chi connectivity index (χ3v) is 6.32. The summed E-state index contributed by atoms with van der Waals surface area (Å²) in [5.74, 6) is 0.0281. The summed E-state index contributed by atoms with van der Waals surface area (Å²) in [6, 6.07) is 16.1. The van der Waals surface area contributed by atoms with Gasteiger partial charge in [-0.25, -0.2) is 4.79 Å². The number of nitrogens with zero attached hydrogens (tertiary/aromatic N) is 2. The lowest BCUT2D eigenvalue weighted by atomic mass is 9.96. The molecule has 5 heteroatoms. The predicted octanol–water partition coefficient (Wildman–Crippen LogP) is 4.86. The van der Waals surface area contributed by atoms with E-state index in [4.69, 9.17) is 0 Å². The molecular formula is C25H31N3O2.